The van der Waals surface area contributed by atoms with Crippen molar-refractivity contribution in [3.8, 4) is 0 Å². The monoisotopic (exact) mass is 300 g/mol. The largest absolute Gasteiger partial charge is 0.353 e. The van der Waals surface area contributed by atoms with E-state index in [1.165, 1.54) is 12.3 Å². The Morgan fingerprint density at radius 1 is 1.29 bits per heavy atom. The highest BCUT2D eigenvalue weighted by atomic mass is 32.1. The molecule has 2 heterocycles. The molecule has 1 aromatic carbocycles. The van der Waals surface area contributed by atoms with Gasteiger partial charge in [-0.1, -0.05) is 12.1 Å². The molecule has 0 unspecified atom stereocenters. The molecule has 0 aliphatic heterocycles. The van der Waals surface area contributed by atoms with E-state index in [1.54, 1.807) is 17.4 Å². The Bertz CT molecular complexity index is 752. The Hall–Kier alpha value is -2.54. The number of aromatic nitrogens is 2. The number of para-hydroxylation sites is 1. The van der Waals surface area contributed by atoms with E-state index in [2.05, 4.69) is 9.97 Å². The lowest BCUT2D eigenvalue weighted by molar-refractivity contribution is -0.385. The summed E-state index contributed by atoms with van der Waals surface area (Å²) in [6.07, 6.45) is 1.27. The minimum atomic E-state index is -0.454. The van der Waals surface area contributed by atoms with Gasteiger partial charge in [0.2, 0.25) is 0 Å². The minimum Gasteiger partial charge on any atom is -0.353 e. The zero-order valence-electron chi connectivity index (χ0n) is 11.3. The van der Waals surface area contributed by atoms with Crippen molar-refractivity contribution >= 4 is 33.1 Å². The molecule has 0 bridgehead atoms. The fraction of sp³-hybridized carbons (Fsp3) is 0.143. The van der Waals surface area contributed by atoms with E-state index in [-0.39, 0.29) is 5.69 Å². The van der Waals surface area contributed by atoms with E-state index in [0.717, 1.165) is 15.2 Å². The maximum Gasteiger partial charge on any atom is 0.287 e. The summed E-state index contributed by atoms with van der Waals surface area (Å²) in [6, 6.07) is 11.1. The van der Waals surface area contributed by atoms with Crippen LogP contribution in [-0.2, 0) is 6.54 Å². The number of thiazole rings is 1. The number of nitro groups is 1. The lowest BCUT2D eigenvalue weighted by Crippen LogP contribution is -2.17. The van der Waals surface area contributed by atoms with Gasteiger partial charge < -0.3 is 4.90 Å². The van der Waals surface area contributed by atoms with Crippen molar-refractivity contribution in [2.45, 2.75) is 6.54 Å². The van der Waals surface area contributed by atoms with E-state index in [0.29, 0.717) is 12.4 Å². The second kappa shape index (κ2) is 5.45. The molecule has 0 aliphatic rings. The van der Waals surface area contributed by atoms with Crippen LogP contribution in [0.2, 0.25) is 0 Å². The smallest absolute Gasteiger partial charge is 0.287 e. The lowest BCUT2D eigenvalue weighted by Gasteiger charge is -2.15. The zero-order valence-corrected chi connectivity index (χ0v) is 12.1. The van der Waals surface area contributed by atoms with Crippen molar-refractivity contribution in [1.82, 2.24) is 9.97 Å². The van der Waals surface area contributed by atoms with Crippen molar-refractivity contribution in [2.75, 3.05) is 11.9 Å². The van der Waals surface area contributed by atoms with E-state index >= 15 is 0 Å². The van der Waals surface area contributed by atoms with Crippen molar-refractivity contribution in [3.05, 3.63) is 57.7 Å². The molecular weight excluding hydrogens is 288 g/mol. The maximum absolute atomic E-state index is 10.6. The molecule has 0 saturated heterocycles. The second-order valence-corrected chi connectivity index (χ2v) is 5.68. The molecule has 3 rings (SSSR count). The summed E-state index contributed by atoms with van der Waals surface area (Å²) < 4.78 is 1.15. The summed E-state index contributed by atoms with van der Waals surface area (Å²) in [5.74, 6) is 0.680. The Balaban J connectivity index is 1.78. The second-order valence-electron chi connectivity index (χ2n) is 4.56. The van der Waals surface area contributed by atoms with E-state index in [4.69, 9.17) is 0 Å². The summed E-state index contributed by atoms with van der Waals surface area (Å²) in [4.78, 5) is 20.8. The molecule has 21 heavy (non-hydrogen) atoms. The number of benzene rings is 1. The van der Waals surface area contributed by atoms with Crippen molar-refractivity contribution in [3.63, 3.8) is 0 Å². The maximum atomic E-state index is 10.6. The predicted octanol–water partition coefficient (Wildman–Crippen LogP) is 3.24. The van der Waals surface area contributed by atoms with Gasteiger partial charge in [-0.15, -0.1) is 11.3 Å². The summed E-state index contributed by atoms with van der Waals surface area (Å²) >= 11 is 1.64. The minimum absolute atomic E-state index is 0.00728. The van der Waals surface area contributed by atoms with E-state index in [9.17, 15) is 10.1 Å². The van der Waals surface area contributed by atoms with Crippen molar-refractivity contribution < 1.29 is 4.92 Å². The van der Waals surface area contributed by atoms with E-state index < -0.39 is 4.92 Å². The van der Waals surface area contributed by atoms with Crippen LogP contribution in [-0.4, -0.2) is 21.9 Å². The molecule has 3 aromatic rings. The van der Waals surface area contributed by atoms with Gasteiger partial charge in [-0.2, -0.15) is 0 Å². The van der Waals surface area contributed by atoms with Crippen LogP contribution in [0.25, 0.3) is 10.2 Å². The van der Waals surface area contributed by atoms with Crippen LogP contribution in [0.1, 0.15) is 5.01 Å². The summed E-state index contributed by atoms with van der Waals surface area (Å²) in [7, 11) is 1.89. The predicted molar refractivity (Wildman–Crippen MR) is 82.6 cm³/mol. The number of hydrogen-bond donors (Lipinski definition) is 0. The molecule has 0 N–H and O–H groups in total. The standard InChI is InChI=1S/C14H12N4O2S/c1-17(13-7-6-10(8-15-13)18(19)20)9-14-16-11-4-2-3-5-12(11)21-14/h2-8H,9H2,1H3. The highest BCUT2D eigenvalue weighted by Crippen LogP contribution is 2.24. The summed E-state index contributed by atoms with van der Waals surface area (Å²) in [6.45, 7) is 0.615. The first-order chi connectivity index (χ1) is 10.1. The fourth-order valence-electron chi connectivity index (χ4n) is 1.98. The van der Waals surface area contributed by atoms with Gasteiger partial charge in [0.15, 0.2) is 0 Å². The number of hydrogen-bond acceptors (Lipinski definition) is 6. The highest BCUT2D eigenvalue weighted by Gasteiger charge is 2.10. The molecule has 106 valence electrons. The van der Waals surface area contributed by atoms with Crippen LogP contribution in [0.3, 0.4) is 0 Å². The Kier molecular flexibility index (Phi) is 3.49. The normalized spacial score (nSPS) is 10.7. The first-order valence-electron chi connectivity index (χ1n) is 6.29. The average molecular weight is 300 g/mol. The third-order valence-corrected chi connectivity index (χ3v) is 4.07. The number of fused-ring (bicyclic) bond motifs is 1. The third kappa shape index (κ3) is 2.82. The molecule has 0 spiro atoms. The van der Waals surface area contributed by atoms with Gasteiger partial charge in [0, 0.05) is 13.1 Å². The summed E-state index contributed by atoms with van der Waals surface area (Å²) in [5.41, 5.74) is 0.981. The zero-order chi connectivity index (χ0) is 14.8. The van der Waals surface area contributed by atoms with Gasteiger partial charge in [-0.25, -0.2) is 9.97 Å². The van der Waals surface area contributed by atoms with Crippen LogP contribution < -0.4 is 4.90 Å². The highest BCUT2D eigenvalue weighted by molar-refractivity contribution is 7.18. The summed E-state index contributed by atoms with van der Waals surface area (Å²) in [5, 5.41) is 11.6. The first kappa shape index (κ1) is 13.4. The van der Waals surface area contributed by atoms with Crippen molar-refractivity contribution in [2.24, 2.45) is 0 Å². The fourth-order valence-corrected chi connectivity index (χ4v) is 3.00. The molecule has 0 aliphatic carbocycles. The Morgan fingerprint density at radius 3 is 2.76 bits per heavy atom. The SMILES string of the molecule is CN(Cc1nc2ccccc2s1)c1ccc([N+](=O)[O-])cn1. The van der Waals surface area contributed by atoms with Crippen LogP contribution in [0, 0.1) is 10.1 Å². The number of rotatable bonds is 4. The van der Waals surface area contributed by atoms with Gasteiger partial charge in [-0.3, -0.25) is 10.1 Å². The van der Waals surface area contributed by atoms with Crippen LogP contribution in [0.4, 0.5) is 11.5 Å². The number of nitrogens with zero attached hydrogens (tertiary/aromatic N) is 4. The van der Waals surface area contributed by atoms with Crippen molar-refractivity contribution in [1.29, 1.82) is 0 Å². The van der Waals surface area contributed by atoms with Gasteiger partial charge in [0.1, 0.15) is 17.0 Å². The molecule has 2 aromatic heterocycles. The first-order valence-corrected chi connectivity index (χ1v) is 7.11. The van der Waals surface area contributed by atoms with Crippen LogP contribution in [0.15, 0.2) is 42.6 Å². The van der Waals surface area contributed by atoms with Gasteiger partial charge in [-0.05, 0) is 18.2 Å². The number of anilines is 1. The van der Waals surface area contributed by atoms with Gasteiger partial charge >= 0.3 is 0 Å². The molecular formula is C14H12N4O2S. The Labute approximate surface area is 124 Å². The quantitative estimate of drug-likeness (QED) is 0.546. The van der Waals surface area contributed by atoms with Gasteiger partial charge in [0.25, 0.3) is 5.69 Å². The molecule has 0 amide bonds. The topological polar surface area (TPSA) is 72.2 Å². The molecule has 0 fully saturated rings. The molecule has 6 nitrogen and oxygen atoms in total. The average Bonchev–Trinajstić information content (AvgIpc) is 2.89. The molecule has 0 radical (unpaired) electrons. The van der Waals surface area contributed by atoms with E-state index in [1.807, 2.05) is 36.2 Å². The molecule has 0 saturated carbocycles. The third-order valence-electron chi connectivity index (χ3n) is 3.04. The molecule has 7 heteroatoms. The lowest BCUT2D eigenvalue weighted by atomic mass is 10.3. The van der Waals surface area contributed by atoms with Crippen LogP contribution in [0.5, 0.6) is 0 Å². The van der Waals surface area contributed by atoms with Gasteiger partial charge in [0.05, 0.1) is 21.7 Å². The number of pyridine rings is 1. The van der Waals surface area contributed by atoms with Crippen LogP contribution >= 0.6 is 11.3 Å². The molecule has 0 atom stereocenters. The Morgan fingerprint density at radius 2 is 2.10 bits per heavy atom.